The maximum Gasteiger partial charge on any atom is 0.175 e. The number of Topliss-reactive ketones (excluding diaryl/α,β-unsaturated/α-hetero) is 1. The molecule has 0 saturated heterocycles. The van der Waals surface area contributed by atoms with Crippen molar-refractivity contribution in [2.24, 2.45) is 0 Å². The van der Waals surface area contributed by atoms with E-state index < -0.39 is 16.6 Å². The van der Waals surface area contributed by atoms with Gasteiger partial charge in [-0.15, -0.1) is 0 Å². The number of rotatable bonds is 5. The first-order valence-corrected chi connectivity index (χ1v) is 7.65. The number of hydrogen-bond acceptors (Lipinski definition) is 3. The topological polar surface area (TPSA) is 43.4 Å². The molecule has 0 aliphatic heterocycles. The van der Waals surface area contributed by atoms with Crippen LogP contribution in [0.5, 0.6) is 5.75 Å². The maximum absolute atomic E-state index is 13.6. The lowest BCUT2D eigenvalue weighted by molar-refractivity contribution is 0.102. The quantitative estimate of drug-likeness (QED) is 0.797. The Balaban J connectivity index is 2.17. The fourth-order valence-electron chi connectivity index (χ4n) is 1.93. The molecular formula is C16H15FO3S. The number of carbonyl (C=O) groups is 1. The van der Waals surface area contributed by atoms with Crippen molar-refractivity contribution in [1.29, 1.82) is 0 Å². The Hall–Kier alpha value is -2.01. The Bertz CT molecular complexity index is 698. The highest BCUT2D eigenvalue weighted by Gasteiger charge is 2.15. The summed E-state index contributed by atoms with van der Waals surface area (Å²) >= 11 is 0. The van der Waals surface area contributed by atoms with E-state index in [1.165, 1.54) is 19.2 Å². The van der Waals surface area contributed by atoms with Crippen molar-refractivity contribution in [3.05, 3.63) is 59.4 Å². The minimum Gasteiger partial charge on any atom is -0.494 e. The lowest BCUT2D eigenvalue weighted by Crippen LogP contribution is -2.12. The Kier molecular flexibility index (Phi) is 4.85. The highest BCUT2D eigenvalue weighted by Crippen LogP contribution is 2.19. The Labute approximate surface area is 125 Å². The summed E-state index contributed by atoms with van der Waals surface area (Å²) in [7, 11) is -0.0882. The first-order valence-electron chi connectivity index (χ1n) is 6.33. The summed E-state index contributed by atoms with van der Waals surface area (Å²) in [6.07, 6.45) is 0. The second-order valence-electron chi connectivity index (χ2n) is 4.53. The first kappa shape index (κ1) is 15.4. The van der Waals surface area contributed by atoms with Crippen LogP contribution in [0.1, 0.15) is 15.9 Å². The van der Waals surface area contributed by atoms with Crippen LogP contribution >= 0.6 is 0 Å². The minimum atomic E-state index is -1.44. The van der Waals surface area contributed by atoms with Gasteiger partial charge in [-0.3, -0.25) is 9.00 Å². The van der Waals surface area contributed by atoms with Crippen LogP contribution < -0.4 is 4.74 Å². The van der Waals surface area contributed by atoms with E-state index in [4.69, 9.17) is 4.74 Å². The second kappa shape index (κ2) is 6.63. The molecule has 0 aromatic heterocycles. The van der Waals surface area contributed by atoms with Crippen LogP contribution in [-0.2, 0) is 10.8 Å². The third-order valence-corrected chi connectivity index (χ3v) is 4.55. The molecular weight excluding hydrogens is 291 g/mol. The fraction of sp³-hybridized carbons (Fsp3) is 0.188. The van der Waals surface area contributed by atoms with Gasteiger partial charge >= 0.3 is 0 Å². The monoisotopic (exact) mass is 306 g/mol. The van der Waals surface area contributed by atoms with Gasteiger partial charge in [0, 0.05) is 10.5 Å². The van der Waals surface area contributed by atoms with Crippen LogP contribution in [0, 0.1) is 12.7 Å². The summed E-state index contributed by atoms with van der Waals surface area (Å²) in [5.41, 5.74) is 1.06. The molecule has 0 bridgehead atoms. The molecule has 2 aromatic rings. The molecule has 0 aliphatic rings. The number of methoxy groups -OCH3 is 1. The highest BCUT2D eigenvalue weighted by atomic mass is 32.2. The maximum atomic E-state index is 13.6. The lowest BCUT2D eigenvalue weighted by Gasteiger charge is -2.06. The molecule has 0 saturated carbocycles. The number of aryl methyl sites for hydroxylation is 1. The van der Waals surface area contributed by atoms with E-state index in [9.17, 15) is 13.4 Å². The predicted molar refractivity (Wildman–Crippen MR) is 79.7 cm³/mol. The van der Waals surface area contributed by atoms with Crippen LogP contribution in [0.3, 0.4) is 0 Å². The largest absolute Gasteiger partial charge is 0.494 e. The summed E-state index contributed by atoms with van der Waals surface area (Å²) in [4.78, 5) is 12.7. The van der Waals surface area contributed by atoms with Gasteiger partial charge in [-0.25, -0.2) is 4.39 Å². The van der Waals surface area contributed by atoms with Gasteiger partial charge in [0.05, 0.1) is 23.7 Å². The minimum absolute atomic E-state index is 0.0755. The van der Waals surface area contributed by atoms with Crippen LogP contribution in [0.25, 0.3) is 0 Å². The predicted octanol–water partition coefficient (Wildman–Crippen LogP) is 3.13. The SMILES string of the molecule is COc1ccc(C(=O)CS(=O)c2ccccc2C)cc1F. The number of hydrogen-bond donors (Lipinski definition) is 0. The molecule has 0 aliphatic carbocycles. The van der Waals surface area contributed by atoms with Crippen molar-refractivity contribution in [1.82, 2.24) is 0 Å². The Morgan fingerprint density at radius 2 is 1.95 bits per heavy atom. The van der Waals surface area contributed by atoms with Gasteiger partial charge < -0.3 is 4.74 Å². The van der Waals surface area contributed by atoms with Gasteiger partial charge in [0.25, 0.3) is 0 Å². The van der Waals surface area contributed by atoms with Gasteiger partial charge in [-0.1, -0.05) is 18.2 Å². The molecule has 0 radical (unpaired) electrons. The van der Waals surface area contributed by atoms with Gasteiger partial charge in [0.2, 0.25) is 0 Å². The molecule has 2 aromatic carbocycles. The molecule has 2 rings (SSSR count). The Morgan fingerprint density at radius 1 is 1.24 bits per heavy atom. The van der Waals surface area contributed by atoms with Gasteiger partial charge in [0.1, 0.15) is 0 Å². The first-order chi connectivity index (χ1) is 10.0. The molecule has 0 N–H and O–H groups in total. The van der Waals surface area contributed by atoms with Crippen molar-refractivity contribution in [2.45, 2.75) is 11.8 Å². The van der Waals surface area contributed by atoms with Crippen molar-refractivity contribution in [3.8, 4) is 5.75 Å². The molecule has 5 heteroatoms. The van der Waals surface area contributed by atoms with E-state index in [-0.39, 0.29) is 22.8 Å². The van der Waals surface area contributed by atoms with Crippen molar-refractivity contribution in [3.63, 3.8) is 0 Å². The van der Waals surface area contributed by atoms with Gasteiger partial charge in [-0.05, 0) is 36.8 Å². The van der Waals surface area contributed by atoms with Crippen molar-refractivity contribution >= 4 is 16.6 Å². The fourth-order valence-corrected chi connectivity index (χ4v) is 3.15. The summed E-state index contributed by atoms with van der Waals surface area (Å²) < 4.78 is 30.6. The standard InChI is InChI=1S/C16H15FO3S/c1-11-5-3-4-6-16(11)21(19)10-14(18)12-7-8-15(20-2)13(17)9-12/h3-9H,10H2,1-2H3. The summed E-state index contributed by atoms with van der Waals surface area (Å²) in [6, 6.07) is 11.2. The molecule has 1 atom stereocenters. The molecule has 0 fully saturated rings. The smallest absolute Gasteiger partial charge is 0.175 e. The molecule has 1 unspecified atom stereocenters. The molecule has 110 valence electrons. The number of benzene rings is 2. The zero-order chi connectivity index (χ0) is 15.4. The number of halogens is 1. The average Bonchev–Trinajstić information content (AvgIpc) is 2.47. The van der Waals surface area contributed by atoms with E-state index in [1.54, 1.807) is 12.1 Å². The molecule has 21 heavy (non-hydrogen) atoms. The zero-order valence-corrected chi connectivity index (χ0v) is 12.6. The average molecular weight is 306 g/mol. The van der Waals surface area contributed by atoms with Crippen LogP contribution in [0.4, 0.5) is 4.39 Å². The highest BCUT2D eigenvalue weighted by molar-refractivity contribution is 7.85. The van der Waals surface area contributed by atoms with E-state index in [2.05, 4.69) is 0 Å². The van der Waals surface area contributed by atoms with Crippen LogP contribution in [0.15, 0.2) is 47.4 Å². The number of ether oxygens (including phenoxy) is 1. The normalized spacial score (nSPS) is 12.0. The zero-order valence-electron chi connectivity index (χ0n) is 11.8. The van der Waals surface area contributed by atoms with Gasteiger partial charge in [-0.2, -0.15) is 0 Å². The summed E-state index contributed by atoms with van der Waals surface area (Å²) in [5, 5.41) is 0. The molecule has 3 nitrogen and oxygen atoms in total. The third kappa shape index (κ3) is 3.55. The molecule has 0 heterocycles. The van der Waals surface area contributed by atoms with E-state index in [0.29, 0.717) is 4.90 Å². The summed E-state index contributed by atoms with van der Waals surface area (Å²) in [6.45, 7) is 1.84. The van der Waals surface area contributed by atoms with Gasteiger partial charge in [0.15, 0.2) is 17.3 Å². The second-order valence-corrected chi connectivity index (χ2v) is 5.95. The number of carbonyl (C=O) groups excluding carboxylic acids is 1. The van der Waals surface area contributed by atoms with Crippen LogP contribution in [-0.4, -0.2) is 22.9 Å². The van der Waals surface area contributed by atoms with Crippen LogP contribution in [0.2, 0.25) is 0 Å². The third-order valence-electron chi connectivity index (χ3n) is 3.07. The lowest BCUT2D eigenvalue weighted by atomic mass is 10.1. The summed E-state index contributed by atoms with van der Waals surface area (Å²) in [5.74, 6) is -1.06. The van der Waals surface area contributed by atoms with E-state index >= 15 is 0 Å². The van der Waals surface area contributed by atoms with E-state index in [0.717, 1.165) is 11.6 Å². The molecule has 0 amide bonds. The van der Waals surface area contributed by atoms with Crippen molar-refractivity contribution in [2.75, 3.05) is 12.9 Å². The Morgan fingerprint density at radius 3 is 2.57 bits per heavy atom. The molecule has 0 spiro atoms. The van der Waals surface area contributed by atoms with E-state index in [1.807, 2.05) is 19.1 Å². The van der Waals surface area contributed by atoms with Crippen molar-refractivity contribution < 1.29 is 18.1 Å². The number of ketones is 1.